The Balaban J connectivity index is 1.46. The molecule has 10 heteroatoms. The lowest BCUT2D eigenvalue weighted by molar-refractivity contribution is 0.0788. The highest BCUT2D eigenvalue weighted by molar-refractivity contribution is 5.97. The summed E-state index contributed by atoms with van der Waals surface area (Å²) >= 11 is 0. The Morgan fingerprint density at radius 1 is 1.03 bits per heavy atom. The molecule has 8 nitrogen and oxygen atoms in total. The molecule has 1 aromatic carbocycles. The van der Waals surface area contributed by atoms with E-state index < -0.39 is 11.6 Å². The molecule has 0 aliphatic rings. The van der Waals surface area contributed by atoms with Crippen LogP contribution in [0.1, 0.15) is 10.4 Å². The smallest absolute Gasteiger partial charge is 0.256 e. The molecule has 4 aromatic rings. The van der Waals surface area contributed by atoms with Gasteiger partial charge < -0.3 is 4.90 Å². The Labute approximate surface area is 170 Å². The van der Waals surface area contributed by atoms with Crippen molar-refractivity contribution in [2.75, 3.05) is 13.6 Å². The summed E-state index contributed by atoms with van der Waals surface area (Å²) in [5.41, 5.74) is 1.70. The zero-order valence-electron chi connectivity index (χ0n) is 16.0. The van der Waals surface area contributed by atoms with Crippen LogP contribution in [0.5, 0.6) is 0 Å². The van der Waals surface area contributed by atoms with Gasteiger partial charge in [0.2, 0.25) is 0 Å². The lowest BCUT2D eigenvalue weighted by Gasteiger charge is -2.19. The maximum atomic E-state index is 13.8. The molecule has 0 bridgehead atoms. The van der Waals surface area contributed by atoms with Crippen LogP contribution in [0.25, 0.3) is 17.1 Å². The number of pyridine rings is 1. The second kappa shape index (κ2) is 8.19. The van der Waals surface area contributed by atoms with E-state index in [1.807, 2.05) is 0 Å². The molecule has 4 rings (SSSR count). The number of amides is 1. The molecule has 1 amide bonds. The second-order valence-electron chi connectivity index (χ2n) is 6.53. The summed E-state index contributed by atoms with van der Waals surface area (Å²) in [5.74, 6) is -1.30. The van der Waals surface area contributed by atoms with Crippen molar-refractivity contribution in [3.05, 3.63) is 78.4 Å². The molecular formula is C20H17F2N7O. The highest BCUT2D eigenvalue weighted by Gasteiger charge is 2.19. The zero-order valence-corrected chi connectivity index (χ0v) is 16.0. The van der Waals surface area contributed by atoms with Gasteiger partial charge in [-0.2, -0.15) is 20.1 Å². The van der Waals surface area contributed by atoms with Crippen LogP contribution < -0.4 is 0 Å². The van der Waals surface area contributed by atoms with Crippen molar-refractivity contribution in [2.24, 2.45) is 0 Å². The topological polar surface area (TPSA) is 81.7 Å². The minimum atomic E-state index is -0.522. The fourth-order valence-electron chi connectivity index (χ4n) is 2.90. The number of benzene rings is 1. The average Bonchev–Trinajstić information content (AvgIpc) is 3.44. The summed E-state index contributed by atoms with van der Waals surface area (Å²) in [6.45, 7) is 0.743. The van der Waals surface area contributed by atoms with Crippen molar-refractivity contribution in [3.8, 4) is 17.1 Å². The SMILES string of the molecule is CN(CCn1ccc(-c2ccc(F)cn2)n1)C(=O)c1cc(F)ccc1-n1nccn1. The van der Waals surface area contributed by atoms with Crippen molar-refractivity contribution in [1.29, 1.82) is 0 Å². The minimum Gasteiger partial charge on any atom is -0.340 e. The van der Waals surface area contributed by atoms with E-state index in [1.165, 1.54) is 46.4 Å². The number of nitrogens with zero attached hydrogens (tertiary/aromatic N) is 7. The second-order valence-corrected chi connectivity index (χ2v) is 6.53. The number of rotatable bonds is 6. The van der Waals surface area contributed by atoms with E-state index >= 15 is 0 Å². The van der Waals surface area contributed by atoms with Gasteiger partial charge in [0.15, 0.2) is 0 Å². The van der Waals surface area contributed by atoms with Crippen molar-refractivity contribution in [3.63, 3.8) is 0 Å². The van der Waals surface area contributed by atoms with Gasteiger partial charge >= 0.3 is 0 Å². The molecule has 0 aliphatic carbocycles. The van der Waals surface area contributed by atoms with Gasteiger partial charge in [-0.05, 0) is 36.4 Å². The quantitative estimate of drug-likeness (QED) is 0.489. The van der Waals surface area contributed by atoms with Gasteiger partial charge in [-0.15, -0.1) is 0 Å². The first-order chi connectivity index (χ1) is 14.5. The molecule has 0 saturated carbocycles. The monoisotopic (exact) mass is 409 g/mol. The summed E-state index contributed by atoms with van der Waals surface area (Å²) in [5, 5.41) is 12.4. The summed E-state index contributed by atoms with van der Waals surface area (Å²) in [6, 6.07) is 8.52. The van der Waals surface area contributed by atoms with Crippen LogP contribution in [-0.4, -0.2) is 54.2 Å². The van der Waals surface area contributed by atoms with Gasteiger partial charge in [-0.3, -0.25) is 14.5 Å². The largest absolute Gasteiger partial charge is 0.340 e. The van der Waals surface area contributed by atoms with Gasteiger partial charge in [-0.1, -0.05) is 0 Å². The molecular weight excluding hydrogens is 392 g/mol. The van der Waals surface area contributed by atoms with Crippen LogP contribution >= 0.6 is 0 Å². The summed E-state index contributed by atoms with van der Waals surface area (Å²) in [6.07, 6.45) is 5.84. The van der Waals surface area contributed by atoms with Gasteiger partial charge in [0.1, 0.15) is 17.3 Å². The fourth-order valence-corrected chi connectivity index (χ4v) is 2.90. The molecule has 0 saturated heterocycles. The predicted octanol–water partition coefficient (Wildman–Crippen LogP) is 2.58. The number of hydrogen-bond donors (Lipinski definition) is 0. The van der Waals surface area contributed by atoms with Crippen molar-refractivity contribution < 1.29 is 13.6 Å². The maximum Gasteiger partial charge on any atom is 0.256 e. The third-order valence-electron chi connectivity index (χ3n) is 4.46. The van der Waals surface area contributed by atoms with E-state index in [-0.39, 0.29) is 11.5 Å². The lowest BCUT2D eigenvalue weighted by Crippen LogP contribution is -2.31. The third-order valence-corrected chi connectivity index (χ3v) is 4.46. The first-order valence-corrected chi connectivity index (χ1v) is 9.08. The normalized spacial score (nSPS) is 10.9. The van der Waals surface area contributed by atoms with Gasteiger partial charge in [0.25, 0.3) is 5.91 Å². The Bertz CT molecular complexity index is 1160. The molecule has 0 spiro atoms. The Morgan fingerprint density at radius 2 is 1.80 bits per heavy atom. The van der Waals surface area contributed by atoms with E-state index in [2.05, 4.69) is 20.3 Å². The molecule has 30 heavy (non-hydrogen) atoms. The van der Waals surface area contributed by atoms with E-state index in [9.17, 15) is 13.6 Å². The molecule has 3 heterocycles. The van der Waals surface area contributed by atoms with Crippen LogP contribution in [0.2, 0.25) is 0 Å². The Morgan fingerprint density at radius 3 is 2.53 bits per heavy atom. The fraction of sp³-hybridized carbons (Fsp3) is 0.150. The maximum absolute atomic E-state index is 13.8. The molecule has 0 aliphatic heterocycles. The van der Waals surface area contributed by atoms with Crippen LogP contribution in [0.15, 0.2) is 61.2 Å². The number of carbonyl (C=O) groups is 1. The number of likely N-dealkylation sites (N-methyl/N-ethyl adjacent to an activating group) is 1. The molecule has 3 aromatic heterocycles. The summed E-state index contributed by atoms with van der Waals surface area (Å²) in [7, 11) is 1.62. The van der Waals surface area contributed by atoms with Crippen molar-refractivity contribution in [1.82, 2.24) is 34.7 Å². The Kier molecular flexibility index (Phi) is 5.29. The number of hydrogen-bond acceptors (Lipinski definition) is 5. The molecule has 0 radical (unpaired) electrons. The van der Waals surface area contributed by atoms with E-state index in [1.54, 1.807) is 30.1 Å². The summed E-state index contributed by atoms with van der Waals surface area (Å²) in [4.78, 5) is 19.7. The molecule has 0 atom stereocenters. The van der Waals surface area contributed by atoms with E-state index in [0.717, 1.165) is 6.20 Å². The predicted molar refractivity (Wildman–Crippen MR) is 104 cm³/mol. The standard InChI is InChI=1S/C20H17F2N7O/c1-27(10-11-28-9-6-18(26-28)17-4-2-15(22)13-23-17)20(30)16-12-14(21)3-5-19(16)29-24-7-8-25-29/h2-9,12-13H,10-11H2,1H3. The van der Waals surface area contributed by atoms with E-state index in [0.29, 0.717) is 30.2 Å². The van der Waals surface area contributed by atoms with Crippen LogP contribution in [-0.2, 0) is 6.54 Å². The van der Waals surface area contributed by atoms with Gasteiger partial charge in [0.05, 0.1) is 42.1 Å². The molecule has 0 N–H and O–H groups in total. The zero-order chi connectivity index (χ0) is 21.1. The number of carbonyl (C=O) groups excluding carboxylic acids is 1. The lowest BCUT2D eigenvalue weighted by atomic mass is 10.1. The van der Waals surface area contributed by atoms with Crippen LogP contribution in [0.4, 0.5) is 8.78 Å². The number of halogens is 2. The highest BCUT2D eigenvalue weighted by Crippen LogP contribution is 2.17. The van der Waals surface area contributed by atoms with Crippen LogP contribution in [0.3, 0.4) is 0 Å². The Hall–Kier alpha value is -3.95. The highest BCUT2D eigenvalue weighted by atomic mass is 19.1. The van der Waals surface area contributed by atoms with Gasteiger partial charge in [-0.25, -0.2) is 8.78 Å². The van der Waals surface area contributed by atoms with Gasteiger partial charge in [0, 0.05) is 19.8 Å². The first-order valence-electron chi connectivity index (χ1n) is 9.08. The molecule has 0 unspecified atom stereocenters. The third kappa shape index (κ3) is 4.07. The first kappa shape index (κ1) is 19.4. The molecule has 152 valence electrons. The summed E-state index contributed by atoms with van der Waals surface area (Å²) < 4.78 is 28.5. The van der Waals surface area contributed by atoms with Crippen molar-refractivity contribution in [2.45, 2.75) is 6.54 Å². The number of aromatic nitrogens is 6. The van der Waals surface area contributed by atoms with Crippen LogP contribution in [0, 0.1) is 11.6 Å². The molecule has 0 fully saturated rings. The average molecular weight is 409 g/mol. The van der Waals surface area contributed by atoms with E-state index in [4.69, 9.17) is 0 Å². The minimum absolute atomic E-state index is 0.158. The van der Waals surface area contributed by atoms with Crippen molar-refractivity contribution >= 4 is 5.91 Å².